The summed E-state index contributed by atoms with van der Waals surface area (Å²) in [6.07, 6.45) is 0. The average molecular weight is 862 g/mol. The van der Waals surface area contributed by atoms with Gasteiger partial charge in [-0.1, -0.05) is 154 Å². The molecule has 6 heteroatoms. The molecular weight excluding hydrogens is 818 g/mol. The molecule has 9 aromatic carbocycles. The third-order valence-corrected chi connectivity index (χ3v) is 14.4. The van der Waals surface area contributed by atoms with Gasteiger partial charge in [-0.3, -0.25) is 0 Å². The molecule has 14 rings (SSSR count). The first kappa shape index (κ1) is 38.1. The third kappa shape index (κ3) is 5.63. The molecule has 0 aliphatic carbocycles. The minimum Gasteiger partial charge on any atom is -0.456 e. The fraction of sp³-hybridized carbons (Fsp3) is 0.0820. The summed E-state index contributed by atoms with van der Waals surface area (Å²) in [7, 11) is 0. The molecule has 67 heavy (non-hydrogen) atoms. The average Bonchev–Trinajstić information content (AvgIpc) is 4.03. The second-order valence-electron chi connectivity index (χ2n) is 19.3. The number of anilines is 5. The van der Waals surface area contributed by atoms with Gasteiger partial charge in [-0.25, -0.2) is 0 Å². The zero-order valence-corrected chi connectivity index (χ0v) is 37.5. The van der Waals surface area contributed by atoms with E-state index in [2.05, 4.69) is 235 Å². The van der Waals surface area contributed by atoms with Crippen molar-refractivity contribution >= 4 is 101 Å². The van der Waals surface area contributed by atoms with Gasteiger partial charge in [0.25, 0.3) is 0 Å². The molecule has 5 nitrogen and oxygen atoms in total. The van der Waals surface area contributed by atoms with E-state index in [1.807, 2.05) is 0 Å². The van der Waals surface area contributed by atoms with E-state index in [9.17, 15) is 0 Å². The molecule has 0 unspecified atom stereocenters. The van der Waals surface area contributed by atoms with Gasteiger partial charge in [-0.05, 0) is 105 Å². The van der Waals surface area contributed by atoms with Crippen LogP contribution in [0.5, 0.6) is 0 Å². The number of hydrogen-bond donors (Lipinski definition) is 0. The van der Waals surface area contributed by atoms with Crippen LogP contribution in [0.2, 0.25) is 0 Å². The summed E-state index contributed by atoms with van der Waals surface area (Å²) in [6.45, 7) is 7.35. The number of benzene rings is 9. The van der Waals surface area contributed by atoms with Gasteiger partial charge in [-0.15, -0.1) is 0 Å². The summed E-state index contributed by atoms with van der Waals surface area (Å²) in [6, 6.07) is 73.0. The Bertz CT molecular complexity index is 3910. The van der Waals surface area contributed by atoms with Crippen LogP contribution in [0.3, 0.4) is 0 Å². The Morgan fingerprint density at radius 3 is 1.87 bits per heavy atom. The van der Waals surface area contributed by atoms with Crippen molar-refractivity contribution in [2.75, 3.05) is 9.80 Å². The highest BCUT2D eigenvalue weighted by molar-refractivity contribution is 6.90. The molecule has 2 aliphatic rings. The predicted molar refractivity (Wildman–Crippen MR) is 280 cm³/mol. The van der Waals surface area contributed by atoms with Gasteiger partial charge >= 0.3 is 6.85 Å². The Hall–Kier alpha value is -8.22. The van der Waals surface area contributed by atoms with Crippen LogP contribution in [0.4, 0.5) is 28.4 Å². The Morgan fingerprint density at radius 1 is 0.478 bits per heavy atom. The number of furan rings is 2. The zero-order valence-electron chi connectivity index (χ0n) is 37.5. The van der Waals surface area contributed by atoms with Gasteiger partial charge in [-0.2, -0.15) is 0 Å². The lowest BCUT2D eigenvalue weighted by Gasteiger charge is -2.41. The second kappa shape index (κ2) is 14.1. The van der Waals surface area contributed by atoms with Crippen LogP contribution in [-0.2, 0) is 12.0 Å². The fourth-order valence-corrected chi connectivity index (χ4v) is 11.3. The fourth-order valence-electron chi connectivity index (χ4n) is 11.3. The minimum atomic E-state index is -0.182. The van der Waals surface area contributed by atoms with Crippen molar-refractivity contribution in [1.82, 2.24) is 4.48 Å². The summed E-state index contributed by atoms with van der Waals surface area (Å²) in [5.74, 6) is 0. The van der Waals surface area contributed by atoms with Gasteiger partial charge in [0.2, 0.25) is 0 Å². The number of fused-ring (bicyclic) bond motifs is 12. The molecule has 0 saturated carbocycles. The Balaban J connectivity index is 1.13. The summed E-state index contributed by atoms with van der Waals surface area (Å²) < 4.78 is 16.3. The van der Waals surface area contributed by atoms with Crippen LogP contribution in [0, 0.1) is 0 Å². The van der Waals surface area contributed by atoms with E-state index in [-0.39, 0.29) is 12.3 Å². The van der Waals surface area contributed by atoms with Crippen molar-refractivity contribution in [2.45, 2.75) is 32.7 Å². The monoisotopic (exact) mass is 861 g/mol. The van der Waals surface area contributed by atoms with Crippen molar-refractivity contribution in [2.24, 2.45) is 0 Å². The summed E-state index contributed by atoms with van der Waals surface area (Å²) in [5, 5.41) is 4.47. The minimum absolute atomic E-state index is 0.0241. The summed E-state index contributed by atoms with van der Waals surface area (Å²) in [5.41, 5.74) is 21.4. The number of nitrogens with zero attached hydrogens (tertiary/aromatic N) is 3. The maximum absolute atomic E-state index is 6.89. The topological polar surface area (TPSA) is 37.7 Å². The number of rotatable bonds is 6. The quantitative estimate of drug-likeness (QED) is 0.156. The molecule has 318 valence electrons. The Kier molecular flexibility index (Phi) is 8.04. The van der Waals surface area contributed by atoms with E-state index in [0.29, 0.717) is 6.54 Å². The molecule has 0 bridgehead atoms. The van der Waals surface area contributed by atoms with Crippen LogP contribution < -0.4 is 20.7 Å². The number of hydrogen-bond acceptors (Lipinski definition) is 4. The highest BCUT2D eigenvalue weighted by atomic mass is 16.3. The van der Waals surface area contributed by atoms with Gasteiger partial charge < -0.3 is 23.1 Å². The van der Waals surface area contributed by atoms with E-state index < -0.39 is 0 Å². The molecule has 0 amide bonds. The lowest BCUT2D eigenvalue weighted by molar-refractivity contribution is 0.590. The van der Waals surface area contributed by atoms with E-state index in [1.54, 1.807) is 0 Å². The molecule has 0 spiro atoms. The molecular formula is C61H44BN3O2. The maximum Gasteiger partial charge on any atom is 0.333 e. The molecule has 0 saturated heterocycles. The second-order valence-corrected chi connectivity index (χ2v) is 19.3. The lowest BCUT2D eigenvalue weighted by atomic mass is 9.45. The molecule has 0 N–H and O–H groups in total. The molecule has 0 radical (unpaired) electrons. The SMILES string of the molecule is CC(C)(C)c1ccc(CN2c3cc4oc5ccccc5c4cc3B3c4c(cc(N(c5ccccc5)c5ccccc5)cc42)-c2cccc4c5oc6ccccc6c5n3c24)c(-c2ccccc2)c1. The number of para-hydroxylation sites is 5. The van der Waals surface area contributed by atoms with E-state index >= 15 is 0 Å². The summed E-state index contributed by atoms with van der Waals surface area (Å²) in [4.78, 5) is 5.00. The molecule has 2 aliphatic heterocycles. The van der Waals surface area contributed by atoms with Gasteiger partial charge in [0.1, 0.15) is 16.7 Å². The smallest absolute Gasteiger partial charge is 0.333 e. The summed E-state index contributed by atoms with van der Waals surface area (Å²) >= 11 is 0. The van der Waals surface area contributed by atoms with E-state index in [4.69, 9.17) is 8.83 Å². The molecule has 12 aromatic rings. The van der Waals surface area contributed by atoms with Crippen LogP contribution in [0.25, 0.3) is 77.2 Å². The van der Waals surface area contributed by atoms with Crippen LogP contribution in [-0.4, -0.2) is 11.3 Å². The Labute approximate surface area is 388 Å². The zero-order chi connectivity index (χ0) is 44.5. The van der Waals surface area contributed by atoms with E-state index in [1.165, 1.54) is 49.8 Å². The number of aromatic nitrogens is 1. The van der Waals surface area contributed by atoms with Crippen LogP contribution >= 0.6 is 0 Å². The van der Waals surface area contributed by atoms with Gasteiger partial charge in [0, 0.05) is 73.7 Å². The van der Waals surface area contributed by atoms with E-state index in [0.717, 1.165) is 77.8 Å². The molecule has 0 fully saturated rings. The van der Waals surface area contributed by atoms with Crippen LogP contribution in [0.1, 0.15) is 31.9 Å². The van der Waals surface area contributed by atoms with Crippen molar-refractivity contribution in [3.05, 3.63) is 211 Å². The maximum atomic E-state index is 6.89. The first-order chi connectivity index (χ1) is 32.9. The van der Waals surface area contributed by atoms with Crippen LogP contribution in [0.15, 0.2) is 209 Å². The molecule has 5 heterocycles. The lowest BCUT2D eigenvalue weighted by Crippen LogP contribution is -2.57. The predicted octanol–water partition coefficient (Wildman–Crippen LogP) is 15.2. The van der Waals surface area contributed by atoms with Crippen molar-refractivity contribution < 1.29 is 8.83 Å². The largest absolute Gasteiger partial charge is 0.456 e. The highest BCUT2D eigenvalue weighted by Crippen LogP contribution is 2.49. The van der Waals surface area contributed by atoms with Gasteiger partial charge in [0.05, 0.1) is 5.52 Å². The Morgan fingerprint density at radius 2 is 1.13 bits per heavy atom. The normalized spacial score (nSPS) is 13.0. The third-order valence-electron chi connectivity index (χ3n) is 14.4. The first-order valence-electron chi connectivity index (χ1n) is 23.3. The van der Waals surface area contributed by atoms with Crippen molar-refractivity contribution in [3.63, 3.8) is 0 Å². The first-order valence-corrected chi connectivity index (χ1v) is 23.3. The molecule has 0 atom stereocenters. The van der Waals surface area contributed by atoms with Crippen molar-refractivity contribution in [3.8, 4) is 22.3 Å². The van der Waals surface area contributed by atoms with Crippen molar-refractivity contribution in [1.29, 1.82) is 0 Å². The van der Waals surface area contributed by atoms with Gasteiger partial charge in [0.15, 0.2) is 5.58 Å². The molecule has 3 aromatic heterocycles. The standard InChI is InChI=1S/C61H44BN3O2/c1-61(2,3)40-31-30-39(48(32-40)38-18-7-4-8-19-38)37-63-52-36-56-49(44-24-13-15-28-54(44)66-56)35-51(52)62-57-50(33-43(34-53(57)63)64(41-20-9-5-10-21-41)42-22-11-6-12-23-42)45-26-17-27-47-58(45)65(62)59-46-25-14-16-29-55(46)67-60(47)59/h4-36H,37H2,1-3H3. The highest BCUT2D eigenvalue weighted by Gasteiger charge is 2.44.